The summed E-state index contributed by atoms with van der Waals surface area (Å²) in [5, 5.41) is 1.27. The van der Waals surface area contributed by atoms with Crippen molar-refractivity contribution in [2.75, 3.05) is 38.1 Å². The number of benzene rings is 1. The molecule has 2 aromatic rings. The van der Waals surface area contributed by atoms with Gasteiger partial charge in [0, 0.05) is 42.9 Å². The van der Waals surface area contributed by atoms with E-state index in [2.05, 4.69) is 52.2 Å². The van der Waals surface area contributed by atoms with E-state index in [4.69, 9.17) is 0 Å². The monoisotopic (exact) mass is 241 g/mol. The maximum Gasteiger partial charge on any atom is 0.0726 e. The predicted molar refractivity (Wildman–Crippen MR) is 76.2 cm³/mol. The van der Waals surface area contributed by atoms with E-state index in [-0.39, 0.29) is 0 Å². The number of fused-ring (bicyclic) bond motifs is 1. The Hall–Kier alpha value is -1.61. The number of anilines is 1. The zero-order valence-corrected chi connectivity index (χ0v) is 11.1. The number of nitrogens with zero attached hydrogens (tertiary/aromatic N) is 3. The second kappa shape index (κ2) is 4.58. The van der Waals surface area contributed by atoms with Gasteiger partial charge in [0.05, 0.1) is 5.52 Å². The van der Waals surface area contributed by atoms with E-state index in [0.29, 0.717) is 0 Å². The quantitative estimate of drug-likeness (QED) is 0.763. The van der Waals surface area contributed by atoms with E-state index in [1.807, 2.05) is 6.92 Å². The molecule has 18 heavy (non-hydrogen) atoms. The minimum atomic E-state index is 1.08. The maximum absolute atomic E-state index is 4.61. The first-order valence-corrected chi connectivity index (χ1v) is 6.54. The second-order valence-electron chi connectivity index (χ2n) is 5.09. The molecule has 0 aliphatic carbocycles. The fraction of sp³-hybridized carbons (Fsp3) is 0.400. The van der Waals surface area contributed by atoms with Gasteiger partial charge < -0.3 is 9.80 Å². The number of pyridine rings is 1. The largest absolute Gasteiger partial charge is 0.368 e. The molecule has 94 valence electrons. The Kier molecular flexibility index (Phi) is 2.92. The van der Waals surface area contributed by atoms with Crippen molar-refractivity contribution in [3.05, 3.63) is 36.0 Å². The van der Waals surface area contributed by atoms with Crippen molar-refractivity contribution in [1.29, 1.82) is 0 Å². The average Bonchev–Trinajstić information content (AvgIpc) is 2.38. The summed E-state index contributed by atoms with van der Waals surface area (Å²) in [5.74, 6) is 0. The topological polar surface area (TPSA) is 19.4 Å². The van der Waals surface area contributed by atoms with E-state index in [9.17, 15) is 0 Å². The van der Waals surface area contributed by atoms with Gasteiger partial charge in [-0.2, -0.15) is 0 Å². The van der Waals surface area contributed by atoms with Gasteiger partial charge in [-0.15, -0.1) is 0 Å². The molecule has 0 radical (unpaired) electrons. The molecule has 3 nitrogen and oxygen atoms in total. The summed E-state index contributed by atoms with van der Waals surface area (Å²) in [7, 11) is 2.19. The molecule has 0 spiro atoms. The lowest BCUT2D eigenvalue weighted by molar-refractivity contribution is 0.313. The van der Waals surface area contributed by atoms with Crippen LogP contribution in [0.25, 0.3) is 10.9 Å². The summed E-state index contributed by atoms with van der Waals surface area (Å²) in [6.45, 7) is 6.51. The highest BCUT2D eigenvalue weighted by atomic mass is 15.2. The molecule has 0 bridgehead atoms. The molecule has 0 atom stereocenters. The minimum absolute atomic E-state index is 1.08. The van der Waals surface area contributed by atoms with Gasteiger partial charge in [-0.1, -0.05) is 6.07 Å². The van der Waals surface area contributed by atoms with Crippen LogP contribution < -0.4 is 4.90 Å². The van der Waals surface area contributed by atoms with Crippen LogP contribution in [0.15, 0.2) is 30.3 Å². The van der Waals surface area contributed by atoms with Gasteiger partial charge in [0.15, 0.2) is 0 Å². The third-order valence-electron chi connectivity index (χ3n) is 3.69. The summed E-state index contributed by atoms with van der Waals surface area (Å²) in [5.41, 5.74) is 3.51. The molecule has 1 aliphatic rings. The molecule has 1 aromatic carbocycles. The summed E-state index contributed by atoms with van der Waals surface area (Å²) in [6, 6.07) is 10.7. The highest BCUT2D eigenvalue weighted by Gasteiger charge is 2.16. The van der Waals surface area contributed by atoms with Crippen LogP contribution >= 0.6 is 0 Å². The number of aryl methyl sites for hydroxylation is 1. The first-order chi connectivity index (χ1) is 8.74. The fourth-order valence-corrected chi connectivity index (χ4v) is 2.56. The van der Waals surface area contributed by atoms with Gasteiger partial charge in [0.1, 0.15) is 0 Å². The first-order valence-electron chi connectivity index (χ1n) is 6.54. The van der Waals surface area contributed by atoms with Crippen molar-refractivity contribution >= 4 is 16.6 Å². The van der Waals surface area contributed by atoms with Crippen LogP contribution in [0, 0.1) is 6.92 Å². The van der Waals surface area contributed by atoms with Crippen molar-refractivity contribution in [2.24, 2.45) is 0 Å². The molecule has 0 amide bonds. The Bertz CT molecular complexity index is 557. The average molecular weight is 241 g/mol. The van der Waals surface area contributed by atoms with Crippen LogP contribution in [0.5, 0.6) is 0 Å². The van der Waals surface area contributed by atoms with Gasteiger partial charge in [-0.25, -0.2) is 0 Å². The smallest absolute Gasteiger partial charge is 0.0726 e. The van der Waals surface area contributed by atoms with Gasteiger partial charge in [-0.3, -0.25) is 4.98 Å². The van der Waals surface area contributed by atoms with Gasteiger partial charge in [0.25, 0.3) is 0 Å². The zero-order chi connectivity index (χ0) is 12.5. The molecule has 3 rings (SSSR count). The molecule has 1 saturated heterocycles. The molecule has 0 N–H and O–H groups in total. The van der Waals surface area contributed by atoms with Crippen LogP contribution in [0.4, 0.5) is 5.69 Å². The first kappa shape index (κ1) is 11.5. The Morgan fingerprint density at radius 3 is 2.56 bits per heavy atom. The van der Waals surface area contributed by atoms with Gasteiger partial charge in [0.2, 0.25) is 0 Å². The summed E-state index contributed by atoms with van der Waals surface area (Å²) in [6.07, 6.45) is 0. The molecule has 1 aromatic heterocycles. The summed E-state index contributed by atoms with van der Waals surface area (Å²) >= 11 is 0. The third kappa shape index (κ3) is 2.06. The Labute approximate surface area is 108 Å². The number of hydrogen-bond acceptors (Lipinski definition) is 3. The van der Waals surface area contributed by atoms with Crippen molar-refractivity contribution < 1.29 is 0 Å². The lowest BCUT2D eigenvalue weighted by Crippen LogP contribution is -2.44. The highest BCUT2D eigenvalue weighted by Crippen LogP contribution is 2.26. The summed E-state index contributed by atoms with van der Waals surface area (Å²) in [4.78, 5) is 9.46. The number of likely N-dealkylation sites (N-methyl/N-ethyl adjacent to an activating group) is 1. The van der Waals surface area contributed by atoms with Crippen molar-refractivity contribution in [1.82, 2.24) is 9.88 Å². The lowest BCUT2D eigenvalue weighted by Gasteiger charge is -2.34. The van der Waals surface area contributed by atoms with E-state index in [0.717, 1.165) is 37.4 Å². The number of hydrogen-bond donors (Lipinski definition) is 0. The number of piperazine rings is 1. The molecule has 0 unspecified atom stereocenters. The Morgan fingerprint density at radius 2 is 1.78 bits per heavy atom. The molecule has 1 aliphatic heterocycles. The van der Waals surface area contributed by atoms with E-state index in [1.54, 1.807) is 0 Å². The molecular formula is C15H19N3. The zero-order valence-electron chi connectivity index (χ0n) is 11.1. The van der Waals surface area contributed by atoms with E-state index < -0.39 is 0 Å². The Balaban J connectivity index is 2.01. The molecule has 1 fully saturated rings. The molecule has 2 heterocycles. The van der Waals surface area contributed by atoms with E-state index >= 15 is 0 Å². The number of aromatic nitrogens is 1. The van der Waals surface area contributed by atoms with Crippen molar-refractivity contribution in [3.8, 4) is 0 Å². The SMILES string of the molecule is Cc1ccc2c(N3CCN(C)CC3)cccc2n1. The van der Waals surface area contributed by atoms with Crippen molar-refractivity contribution in [2.45, 2.75) is 6.92 Å². The van der Waals surface area contributed by atoms with Crippen LogP contribution in [0.2, 0.25) is 0 Å². The van der Waals surface area contributed by atoms with E-state index in [1.165, 1.54) is 11.1 Å². The minimum Gasteiger partial charge on any atom is -0.368 e. The van der Waals surface area contributed by atoms with Crippen LogP contribution in [0.3, 0.4) is 0 Å². The Morgan fingerprint density at radius 1 is 1.00 bits per heavy atom. The highest BCUT2D eigenvalue weighted by molar-refractivity contribution is 5.92. The fourth-order valence-electron chi connectivity index (χ4n) is 2.56. The van der Waals surface area contributed by atoms with Crippen LogP contribution in [-0.4, -0.2) is 43.1 Å². The van der Waals surface area contributed by atoms with Crippen LogP contribution in [-0.2, 0) is 0 Å². The van der Waals surface area contributed by atoms with Gasteiger partial charge >= 0.3 is 0 Å². The van der Waals surface area contributed by atoms with Crippen LogP contribution in [0.1, 0.15) is 5.69 Å². The standard InChI is InChI=1S/C15H19N3/c1-12-6-7-13-14(16-12)4-3-5-15(13)18-10-8-17(2)9-11-18/h3-7H,8-11H2,1-2H3. The normalized spacial score (nSPS) is 17.3. The number of rotatable bonds is 1. The third-order valence-corrected chi connectivity index (χ3v) is 3.69. The second-order valence-corrected chi connectivity index (χ2v) is 5.09. The predicted octanol–water partition coefficient (Wildman–Crippen LogP) is 2.30. The lowest BCUT2D eigenvalue weighted by atomic mass is 10.1. The molecule has 3 heteroatoms. The molecule has 0 saturated carbocycles. The maximum atomic E-state index is 4.61. The molecular weight excluding hydrogens is 222 g/mol. The van der Waals surface area contributed by atoms with Gasteiger partial charge in [-0.05, 0) is 38.2 Å². The summed E-state index contributed by atoms with van der Waals surface area (Å²) < 4.78 is 0. The van der Waals surface area contributed by atoms with Crippen molar-refractivity contribution in [3.63, 3.8) is 0 Å².